The maximum absolute atomic E-state index is 9.64. The zero-order valence-corrected chi connectivity index (χ0v) is 7.95. The van der Waals surface area contributed by atoms with Crippen LogP contribution in [0, 0.1) is 0 Å². The zero-order chi connectivity index (χ0) is 10.8. The van der Waals surface area contributed by atoms with Gasteiger partial charge in [-0.1, -0.05) is 0 Å². The smallest absolute Gasteiger partial charge is 0.303 e. The second kappa shape index (κ2) is 8.46. The predicted molar refractivity (Wildman–Crippen MR) is 50.2 cm³/mol. The summed E-state index contributed by atoms with van der Waals surface area (Å²) in [5, 5.41) is 22.2. The van der Waals surface area contributed by atoms with Crippen molar-refractivity contribution in [2.45, 2.75) is 12.8 Å². The molecule has 1 fully saturated rings. The first-order valence-electron chi connectivity index (χ1n) is 4.48. The molecule has 0 aromatic heterocycles. The third kappa shape index (κ3) is 10.9. The Labute approximate surface area is 82.3 Å². The molecule has 0 unspecified atom stereocenters. The molecule has 1 saturated heterocycles. The molecule has 14 heavy (non-hydrogen) atoms. The van der Waals surface area contributed by atoms with Gasteiger partial charge in [0.15, 0.2) is 0 Å². The number of aliphatic carboxylic acids is 2. The van der Waals surface area contributed by atoms with E-state index in [9.17, 15) is 9.59 Å². The molecule has 0 saturated carbocycles. The Morgan fingerprint density at radius 1 is 0.857 bits per heavy atom. The van der Waals surface area contributed by atoms with Gasteiger partial charge in [-0.25, -0.2) is 0 Å². The molecule has 0 atom stereocenters. The number of hydrogen-bond acceptors (Lipinski definition) is 4. The van der Waals surface area contributed by atoms with Gasteiger partial charge >= 0.3 is 11.9 Å². The number of carboxylic acids is 2. The Bertz CT molecular complexity index is 155. The van der Waals surface area contributed by atoms with Gasteiger partial charge in [-0.2, -0.15) is 0 Å². The standard InChI is InChI=1S/C4H10N2.C4H6O4/c1-2-6-4-3-5-1;5-3(6)1-2-4(7)8/h5-6H,1-4H2;1-2H2,(H,5,6)(H,7,8). The van der Waals surface area contributed by atoms with Crippen molar-refractivity contribution in [2.75, 3.05) is 26.2 Å². The highest BCUT2D eigenvalue weighted by atomic mass is 16.4. The Kier molecular flexibility index (Phi) is 7.77. The van der Waals surface area contributed by atoms with Gasteiger partial charge in [-0.05, 0) is 0 Å². The molecular weight excluding hydrogens is 188 g/mol. The summed E-state index contributed by atoms with van der Waals surface area (Å²) in [7, 11) is 0. The Morgan fingerprint density at radius 3 is 1.29 bits per heavy atom. The van der Waals surface area contributed by atoms with E-state index in [-0.39, 0.29) is 12.8 Å². The molecule has 1 heterocycles. The molecule has 1 aliphatic rings. The molecule has 0 aromatic carbocycles. The van der Waals surface area contributed by atoms with Gasteiger partial charge in [0.2, 0.25) is 0 Å². The van der Waals surface area contributed by atoms with Gasteiger partial charge in [-0.15, -0.1) is 0 Å². The first-order valence-corrected chi connectivity index (χ1v) is 4.48. The molecule has 0 spiro atoms. The summed E-state index contributed by atoms with van der Waals surface area (Å²) >= 11 is 0. The van der Waals surface area contributed by atoms with E-state index in [1.165, 1.54) is 0 Å². The van der Waals surface area contributed by atoms with E-state index in [0.29, 0.717) is 0 Å². The quantitative estimate of drug-likeness (QED) is 0.476. The fourth-order valence-corrected chi connectivity index (χ4v) is 0.817. The molecular formula is C8H16N2O4. The normalized spacial score (nSPS) is 15.1. The highest BCUT2D eigenvalue weighted by Gasteiger charge is 2.00. The van der Waals surface area contributed by atoms with Crippen molar-refractivity contribution >= 4 is 11.9 Å². The van der Waals surface area contributed by atoms with Crippen LogP contribution in [0.5, 0.6) is 0 Å². The highest BCUT2D eigenvalue weighted by Crippen LogP contribution is 1.86. The number of nitrogens with one attached hydrogen (secondary N) is 2. The first kappa shape index (κ1) is 12.9. The SMILES string of the molecule is C1CNCCN1.O=C(O)CCC(=O)O. The van der Waals surface area contributed by atoms with Crippen LogP contribution in [0.1, 0.15) is 12.8 Å². The van der Waals surface area contributed by atoms with E-state index in [1.807, 2.05) is 0 Å². The van der Waals surface area contributed by atoms with Crippen LogP contribution >= 0.6 is 0 Å². The zero-order valence-electron chi connectivity index (χ0n) is 7.95. The monoisotopic (exact) mass is 204 g/mol. The lowest BCUT2D eigenvalue weighted by atomic mass is 10.3. The van der Waals surface area contributed by atoms with E-state index in [4.69, 9.17) is 10.2 Å². The molecule has 4 N–H and O–H groups in total. The average Bonchev–Trinajstić information content (AvgIpc) is 2.18. The van der Waals surface area contributed by atoms with E-state index >= 15 is 0 Å². The third-order valence-corrected chi connectivity index (χ3v) is 1.51. The summed E-state index contributed by atoms with van der Waals surface area (Å²) in [5.41, 5.74) is 0. The topological polar surface area (TPSA) is 98.7 Å². The summed E-state index contributed by atoms with van der Waals surface area (Å²) in [6.07, 6.45) is -0.593. The van der Waals surface area contributed by atoms with Gasteiger partial charge in [0.05, 0.1) is 12.8 Å². The van der Waals surface area contributed by atoms with Gasteiger partial charge in [0, 0.05) is 26.2 Å². The summed E-state index contributed by atoms with van der Waals surface area (Å²) in [5.74, 6) is -2.15. The minimum atomic E-state index is -1.08. The fourth-order valence-electron chi connectivity index (χ4n) is 0.817. The van der Waals surface area contributed by atoms with E-state index in [0.717, 1.165) is 26.2 Å². The van der Waals surface area contributed by atoms with Crippen molar-refractivity contribution in [2.24, 2.45) is 0 Å². The molecule has 0 radical (unpaired) electrons. The van der Waals surface area contributed by atoms with Crippen molar-refractivity contribution in [3.8, 4) is 0 Å². The van der Waals surface area contributed by atoms with E-state index in [2.05, 4.69) is 10.6 Å². The predicted octanol–water partition coefficient (Wildman–Crippen LogP) is -0.885. The van der Waals surface area contributed by atoms with Crippen LogP contribution < -0.4 is 10.6 Å². The summed E-state index contributed by atoms with van der Waals surface area (Å²) in [6, 6.07) is 0. The number of rotatable bonds is 3. The number of carboxylic acid groups (broad SMARTS) is 2. The number of carbonyl (C=O) groups is 2. The molecule has 82 valence electrons. The largest absolute Gasteiger partial charge is 0.481 e. The van der Waals surface area contributed by atoms with Crippen LogP contribution in [0.2, 0.25) is 0 Å². The summed E-state index contributed by atoms with van der Waals surface area (Å²) in [6.45, 7) is 4.56. The Hall–Kier alpha value is -1.14. The lowest BCUT2D eigenvalue weighted by Crippen LogP contribution is -2.39. The first-order chi connectivity index (χ1) is 6.63. The maximum atomic E-state index is 9.64. The van der Waals surface area contributed by atoms with Gasteiger partial charge in [-0.3, -0.25) is 9.59 Å². The number of hydrogen-bond donors (Lipinski definition) is 4. The third-order valence-electron chi connectivity index (χ3n) is 1.51. The van der Waals surface area contributed by atoms with Gasteiger partial charge in [0.25, 0.3) is 0 Å². The molecule has 0 aliphatic carbocycles. The molecule has 6 nitrogen and oxygen atoms in total. The van der Waals surface area contributed by atoms with Crippen LogP contribution in [0.4, 0.5) is 0 Å². The van der Waals surface area contributed by atoms with Crippen molar-refractivity contribution in [1.82, 2.24) is 10.6 Å². The van der Waals surface area contributed by atoms with Crippen LogP contribution in [0.15, 0.2) is 0 Å². The summed E-state index contributed by atoms with van der Waals surface area (Å²) in [4.78, 5) is 19.3. The number of piperazine rings is 1. The maximum Gasteiger partial charge on any atom is 0.303 e. The van der Waals surface area contributed by atoms with E-state index < -0.39 is 11.9 Å². The summed E-state index contributed by atoms with van der Waals surface area (Å²) < 4.78 is 0. The highest BCUT2D eigenvalue weighted by molar-refractivity contribution is 5.75. The fraction of sp³-hybridized carbons (Fsp3) is 0.750. The van der Waals surface area contributed by atoms with E-state index in [1.54, 1.807) is 0 Å². The molecule has 1 aliphatic heterocycles. The van der Waals surface area contributed by atoms with Crippen molar-refractivity contribution in [1.29, 1.82) is 0 Å². The second-order valence-electron chi connectivity index (χ2n) is 2.79. The molecule has 0 aromatic rings. The van der Waals surface area contributed by atoms with Crippen LogP contribution in [0.25, 0.3) is 0 Å². The molecule has 6 heteroatoms. The minimum Gasteiger partial charge on any atom is -0.481 e. The Morgan fingerprint density at radius 2 is 1.14 bits per heavy atom. The lowest BCUT2D eigenvalue weighted by Gasteiger charge is -2.11. The van der Waals surface area contributed by atoms with Crippen LogP contribution in [0.3, 0.4) is 0 Å². The van der Waals surface area contributed by atoms with Crippen LogP contribution in [-0.4, -0.2) is 48.3 Å². The van der Waals surface area contributed by atoms with Crippen molar-refractivity contribution < 1.29 is 19.8 Å². The second-order valence-corrected chi connectivity index (χ2v) is 2.79. The lowest BCUT2D eigenvalue weighted by molar-refractivity contribution is -0.143. The Balaban J connectivity index is 0.000000249. The molecule has 1 rings (SSSR count). The van der Waals surface area contributed by atoms with Gasteiger partial charge in [0.1, 0.15) is 0 Å². The van der Waals surface area contributed by atoms with Gasteiger partial charge < -0.3 is 20.8 Å². The van der Waals surface area contributed by atoms with Crippen molar-refractivity contribution in [3.05, 3.63) is 0 Å². The van der Waals surface area contributed by atoms with Crippen molar-refractivity contribution in [3.63, 3.8) is 0 Å². The van der Waals surface area contributed by atoms with Crippen LogP contribution in [-0.2, 0) is 9.59 Å². The average molecular weight is 204 g/mol. The minimum absolute atomic E-state index is 0.296. The molecule has 0 bridgehead atoms. The molecule has 0 amide bonds.